The summed E-state index contributed by atoms with van der Waals surface area (Å²) in [6.07, 6.45) is 0. The van der Waals surface area contributed by atoms with Crippen molar-refractivity contribution in [2.45, 2.75) is 26.2 Å². The molecule has 2 N–H and O–H groups in total. The lowest BCUT2D eigenvalue weighted by atomic mass is 9.86. The Morgan fingerprint density at radius 3 is 2.20 bits per heavy atom. The Balaban J connectivity index is 3.37. The number of hydrogen-bond acceptors (Lipinski definition) is 4. The van der Waals surface area contributed by atoms with Crippen LogP contribution in [0.5, 0.6) is 17.2 Å². The summed E-state index contributed by atoms with van der Waals surface area (Å²) in [6, 6.07) is 3.14. The van der Waals surface area contributed by atoms with Crippen LogP contribution in [0.1, 0.15) is 26.3 Å². The van der Waals surface area contributed by atoms with Gasteiger partial charge in [0.05, 0.1) is 7.11 Å². The van der Waals surface area contributed by atoms with Crippen LogP contribution >= 0.6 is 0 Å². The van der Waals surface area contributed by atoms with E-state index >= 15 is 0 Å². The van der Waals surface area contributed by atoms with E-state index < -0.39 is 0 Å². The number of methoxy groups -OCH3 is 1. The van der Waals surface area contributed by atoms with Crippen molar-refractivity contribution in [3.8, 4) is 17.2 Å². The normalized spacial score (nSPS) is 11.3. The second-order valence-corrected chi connectivity index (χ2v) is 4.36. The van der Waals surface area contributed by atoms with Gasteiger partial charge in [-0.2, -0.15) is 0 Å². The largest absolute Gasteiger partial charge is 0.504 e. The minimum absolute atomic E-state index is 0.000671. The molecule has 4 nitrogen and oxygen atoms in total. The van der Waals surface area contributed by atoms with Gasteiger partial charge in [-0.05, 0) is 11.5 Å². The van der Waals surface area contributed by atoms with Gasteiger partial charge in [-0.15, -0.1) is 0 Å². The molecule has 0 bridgehead atoms. The highest BCUT2D eigenvalue weighted by Gasteiger charge is 2.22. The van der Waals surface area contributed by atoms with Crippen LogP contribution in [0.4, 0.5) is 0 Å². The van der Waals surface area contributed by atoms with Gasteiger partial charge in [0.2, 0.25) is 5.75 Å². The summed E-state index contributed by atoms with van der Waals surface area (Å²) in [7, 11) is 1.51. The number of hydrogen-bond donors (Lipinski definition) is 2. The fraction of sp³-hybridized carbons (Fsp3) is 0.455. The van der Waals surface area contributed by atoms with E-state index in [1.54, 1.807) is 6.07 Å². The quantitative estimate of drug-likeness (QED) is 0.584. The third kappa shape index (κ3) is 2.33. The number of phenolic OH excluding ortho intramolecular Hbond substituents is 1. The van der Waals surface area contributed by atoms with Crippen molar-refractivity contribution in [2.75, 3.05) is 7.11 Å². The monoisotopic (exact) mass is 212 g/mol. The molecule has 0 radical (unpaired) electrons. The molecule has 0 aromatic heterocycles. The van der Waals surface area contributed by atoms with Gasteiger partial charge in [0, 0.05) is 11.6 Å². The summed E-state index contributed by atoms with van der Waals surface area (Å²) >= 11 is 0. The lowest BCUT2D eigenvalue weighted by molar-refractivity contribution is -0.139. The standard InChI is InChI=1S/C11H16O4/c1-11(2,3)8-5-7(14-4)6-9(15-13)10(8)12/h5-6,12-13H,1-4H3. The molecule has 15 heavy (non-hydrogen) atoms. The van der Waals surface area contributed by atoms with Crippen LogP contribution in [-0.4, -0.2) is 17.5 Å². The highest BCUT2D eigenvalue weighted by Crippen LogP contribution is 2.40. The topological polar surface area (TPSA) is 58.9 Å². The summed E-state index contributed by atoms with van der Waals surface area (Å²) in [5.41, 5.74) is 0.400. The van der Waals surface area contributed by atoms with E-state index in [9.17, 15) is 5.11 Å². The fourth-order valence-corrected chi connectivity index (χ4v) is 1.34. The maximum absolute atomic E-state index is 9.80. The molecular formula is C11H16O4. The molecule has 0 saturated carbocycles. The Labute approximate surface area is 89.0 Å². The Morgan fingerprint density at radius 2 is 1.80 bits per heavy atom. The lowest BCUT2D eigenvalue weighted by Gasteiger charge is -2.21. The molecule has 0 unspecified atom stereocenters. The zero-order valence-electron chi connectivity index (χ0n) is 9.37. The molecule has 0 aliphatic heterocycles. The lowest BCUT2D eigenvalue weighted by Crippen LogP contribution is -2.12. The van der Waals surface area contributed by atoms with Crippen molar-refractivity contribution >= 4 is 0 Å². The Kier molecular flexibility index (Phi) is 3.09. The van der Waals surface area contributed by atoms with Crippen LogP contribution in [0.15, 0.2) is 12.1 Å². The van der Waals surface area contributed by atoms with Crippen LogP contribution in [0.2, 0.25) is 0 Å². The molecule has 1 rings (SSSR count). The highest BCUT2D eigenvalue weighted by atomic mass is 17.1. The molecule has 1 aromatic carbocycles. The summed E-state index contributed by atoms with van der Waals surface area (Å²) in [4.78, 5) is 4.09. The number of phenols is 1. The highest BCUT2D eigenvalue weighted by molar-refractivity contribution is 5.53. The Bertz CT molecular complexity index is 352. The maximum atomic E-state index is 9.80. The van der Waals surface area contributed by atoms with Gasteiger partial charge in [-0.25, -0.2) is 5.26 Å². The van der Waals surface area contributed by atoms with Crippen molar-refractivity contribution in [3.63, 3.8) is 0 Å². The number of benzene rings is 1. The zero-order valence-corrected chi connectivity index (χ0v) is 9.37. The van der Waals surface area contributed by atoms with Crippen LogP contribution in [0.25, 0.3) is 0 Å². The minimum atomic E-state index is -0.258. The zero-order chi connectivity index (χ0) is 11.6. The second-order valence-electron chi connectivity index (χ2n) is 4.36. The molecule has 0 spiro atoms. The Hall–Kier alpha value is -1.42. The first-order valence-corrected chi connectivity index (χ1v) is 4.63. The van der Waals surface area contributed by atoms with Gasteiger partial charge < -0.3 is 14.7 Å². The van der Waals surface area contributed by atoms with E-state index in [2.05, 4.69) is 4.89 Å². The number of aromatic hydroxyl groups is 1. The third-order valence-corrected chi connectivity index (χ3v) is 2.19. The molecule has 0 heterocycles. The summed E-state index contributed by atoms with van der Waals surface area (Å²) in [5, 5.41) is 18.4. The molecule has 0 saturated heterocycles. The van der Waals surface area contributed by atoms with Gasteiger partial charge in [0.1, 0.15) is 5.75 Å². The molecule has 1 aromatic rings. The van der Waals surface area contributed by atoms with Gasteiger partial charge in [0.15, 0.2) is 5.75 Å². The van der Waals surface area contributed by atoms with Crippen LogP contribution in [0, 0.1) is 0 Å². The molecule has 0 aliphatic carbocycles. The smallest absolute Gasteiger partial charge is 0.210 e. The molecule has 0 amide bonds. The van der Waals surface area contributed by atoms with E-state index in [0.717, 1.165) is 0 Å². The molecule has 0 aliphatic rings. The predicted octanol–water partition coefficient (Wildman–Crippen LogP) is 2.55. The van der Waals surface area contributed by atoms with Crippen molar-refractivity contribution in [1.29, 1.82) is 0 Å². The van der Waals surface area contributed by atoms with Crippen molar-refractivity contribution in [2.24, 2.45) is 0 Å². The van der Waals surface area contributed by atoms with Gasteiger partial charge in [-0.1, -0.05) is 20.8 Å². The van der Waals surface area contributed by atoms with Gasteiger partial charge in [0.25, 0.3) is 0 Å². The van der Waals surface area contributed by atoms with E-state index in [1.807, 2.05) is 20.8 Å². The first kappa shape index (κ1) is 11.7. The van der Waals surface area contributed by atoms with Gasteiger partial charge in [-0.3, -0.25) is 0 Å². The first-order chi connectivity index (χ1) is 6.90. The third-order valence-electron chi connectivity index (χ3n) is 2.19. The van der Waals surface area contributed by atoms with Crippen molar-refractivity contribution in [1.82, 2.24) is 0 Å². The molecule has 4 heteroatoms. The molecule has 0 fully saturated rings. The minimum Gasteiger partial charge on any atom is -0.504 e. The van der Waals surface area contributed by atoms with Crippen LogP contribution < -0.4 is 9.62 Å². The van der Waals surface area contributed by atoms with Gasteiger partial charge >= 0.3 is 0 Å². The predicted molar refractivity (Wildman–Crippen MR) is 56.6 cm³/mol. The Morgan fingerprint density at radius 1 is 1.20 bits per heavy atom. The van der Waals surface area contributed by atoms with E-state index in [4.69, 9.17) is 9.99 Å². The van der Waals surface area contributed by atoms with E-state index in [-0.39, 0.29) is 16.9 Å². The fourth-order valence-electron chi connectivity index (χ4n) is 1.34. The molecule has 84 valence electrons. The summed E-state index contributed by atoms with van der Waals surface area (Å²) in [6.45, 7) is 5.84. The molecular weight excluding hydrogens is 196 g/mol. The SMILES string of the molecule is COc1cc(OO)c(O)c(C(C)(C)C)c1. The summed E-state index contributed by atoms with van der Waals surface area (Å²) < 4.78 is 5.05. The summed E-state index contributed by atoms with van der Waals surface area (Å²) in [5.74, 6) is 0.465. The number of rotatable bonds is 2. The average Bonchev–Trinajstić information content (AvgIpc) is 2.16. The van der Waals surface area contributed by atoms with E-state index in [1.165, 1.54) is 13.2 Å². The average molecular weight is 212 g/mol. The van der Waals surface area contributed by atoms with Crippen molar-refractivity contribution in [3.05, 3.63) is 17.7 Å². The van der Waals surface area contributed by atoms with Crippen molar-refractivity contribution < 1.29 is 20.0 Å². The second kappa shape index (κ2) is 3.98. The molecule has 0 atom stereocenters. The van der Waals surface area contributed by atoms with Crippen LogP contribution in [0.3, 0.4) is 0 Å². The first-order valence-electron chi connectivity index (χ1n) is 4.63. The van der Waals surface area contributed by atoms with E-state index in [0.29, 0.717) is 11.3 Å². The maximum Gasteiger partial charge on any atom is 0.210 e. The number of ether oxygens (including phenoxy) is 1. The van der Waals surface area contributed by atoms with Crippen LogP contribution in [-0.2, 0) is 5.41 Å².